The van der Waals surface area contributed by atoms with Gasteiger partial charge in [0.05, 0.1) is 76.5 Å². The summed E-state index contributed by atoms with van der Waals surface area (Å²) in [5.41, 5.74) is 1.33. The number of esters is 2. The van der Waals surface area contributed by atoms with E-state index in [4.69, 9.17) is 65.1 Å². The van der Waals surface area contributed by atoms with Crippen molar-refractivity contribution >= 4 is 58.6 Å². The Hall–Kier alpha value is -4.81. The highest BCUT2D eigenvalue weighted by Gasteiger charge is 2.36. The van der Waals surface area contributed by atoms with E-state index in [0.29, 0.717) is 67.5 Å². The molecule has 4 N–H and O–H groups in total. The lowest BCUT2D eigenvalue weighted by Gasteiger charge is -2.36. The third-order valence-electron chi connectivity index (χ3n) is 14.2. The Kier molecular flexibility index (Phi) is 35.5. The van der Waals surface area contributed by atoms with Gasteiger partial charge in [-0.05, 0) is 124 Å². The van der Waals surface area contributed by atoms with Crippen LogP contribution in [-0.4, -0.2) is 265 Å². The van der Waals surface area contributed by atoms with Crippen molar-refractivity contribution in [3.8, 4) is 0 Å². The van der Waals surface area contributed by atoms with Gasteiger partial charge in [-0.15, -0.1) is 11.3 Å². The first-order valence-corrected chi connectivity index (χ1v) is 30.9. The van der Waals surface area contributed by atoms with Crippen molar-refractivity contribution in [2.45, 2.75) is 121 Å². The molecule has 24 nitrogen and oxygen atoms in total. The maximum Gasteiger partial charge on any atom is 0.338 e. The van der Waals surface area contributed by atoms with Crippen molar-refractivity contribution in [1.29, 1.82) is 0 Å². The number of aliphatic carboxylic acids is 3. The van der Waals surface area contributed by atoms with Gasteiger partial charge in [-0.2, -0.15) is 0 Å². The van der Waals surface area contributed by atoms with Crippen LogP contribution in [0, 0.1) is 5.82 Å². The number of benzene rings is 1. The predicted octanol–water partition coefficient (Wildman–Crippen LogP) is 5.52. The van der Waals surface area contributed by atoms with E-state index in [-0.39, 0.29) is 67.4 Å². The Bertz CT molecular complexity index is 2340. The summed E-state index contributed by atoms with van der Waals surface area (Å²) >= 11 is 7.82. The first-order valence-electron chi connectivity index (χ1n) is 29.7. The van der Waals surface area contributed by atoms with Gasteiger partial charge in [-0.1, -0.05) is 17.7 Å². The van der Waals surface area contributed by atoms with E-state index in [1.54, 1.807) is 42.0 Å². The minimum absolute atomic E-state index is 0.0868. The summed E-state index contributed by atoms with van der Waals surface area (Å²) in [4.78, 5) is 74.5. The van der Waals surface area contributed by atoms with Crippen LogP contribution in [0.15, 0.2) is 46.0 Å². The number of rotatable bonds is 23. The Balaban J connectivity index is 0.000000268. The number of likely N-dealkylation sites (N-methyl/N-ethyl adjacent to an activating group) is 4. The number of aromatic nitrogens is 1. The summed E-state index contributed by atoms with van der Waals surface area (Å²) in [6.07, 6.45) is 16.1. The number of hydrogen-bond donors (Lipinski definition) is 4. The summed E-state index contributed by atoms with van der Waals surface area (Å²) in [5.74, 6) is -3.23. The Morgan fingerprint density at radius 2 is 1.21 bits per heavy atom. The Labute approximate surface area is 515 Å². The maximum atomic E-state index is 13.9. The van der Waals surface area contributed by atoms with Crippen LogP contribution >= 0.6 is 22.9 Å². The molecule has 1 aromatic heterocycles. The highest BCUT2D eigenvalue weighted by molar-refractivity contribution is 7.11. The first-order chi connectivity index (χ1) is 41.3. The zero-order valence-electron chi connectivity index (χ0n) is 51.3. The number of carbonyl (C=O) groups excluding carboxylic acids is 2. The van der Waals surface area contributed by atoms with Crippen LogP contribution in [0.5, 0.6) is 0 Å². The van der Waals surface area contributed by atoms with Crippen molar-refractivity contribution in [2.75, 3.05) is 154 Å². The molecule has 8 rings (SSSR count). The molecule has 6 aliphatic rings. The molecular weight excluding hydrogens is 1160 g/mol. The fourth-order valence-corrected chi connectivity index (χ4v) is 11.1. The van der Waals surface area contributed by atoms with Crippen LogP contribution in [-0.2, 0) is 61.9 Å². The van der Waals surface area contributed by atoms with E-state index in [0.717, 1.165) is 91.0 Å². The molecule has 0 spiro atoms. The van der Waals surface area contributed by atoms with Crippen molar-refractivity contribution in [2.24, 2.45) is 4.99 Å². The molecule has 6 atom stereocenters. The number of morpholine rings is 1. The van der Waals surface area contributed by atoms with Gasteiger partial charge in [0.15, 0.2) is 17.1 Å². The summed E-state index contributed by atoms with van der Waals surface area (Å²) < 4.78 is 56.5. The second kappa shape index (κ2) is 41.4. The standard InChI is InChI=1S/C25H29ClFN5O5S.C10H19NO3.2C9H17NO3.C6H12O2/c1-3-36-25(35)21-19(13-32-7-8-37-16(12-32)11-31(2)14-20(33)34)29-23(24-28-6-9-38-24)30-22(21)17-5-4-15(27)10-18(17)26;1-11(8-10(12)13-2)7-9-5-3-4-6-14-9;2*1-10(7-9(11)12)6-8-4-2-3-5-13-8;1-7-6-4-2-3-5-8-6/h4-6,9-10,16,22H,3,7-8,11-14H2,1-2H3,(H,29,30)(H,33,34);9H,3-8H2,1-2H3;2*8H,2-7H2,1H3,(H,11,12);6H,2-5H2,1H3/t16?,22-;;;;/m0..../s1. The molecule has 0 bridgehead atoms. The molecule has 0 amide bonds. The topological polar surface area (TPSA) is 273 Å². The van der Waals surface area contributed by atoms with Crippen LogP contribution in [0.3, 0.4) is 0 Å². The van der Waals surface area contributed by atoms with Gasteiger partial charge in [0.1, 0.15) is 11.9 Å². The van der Waals surface area contributed by atoms with E-state index in [9.17, 15) is 28.4 Å². The van der Waals surface area contributed by atoms with E-state index >= 15 is 0 Å². The minimum Gasteiger partial charge on any atom is -0.480 e. The van der Waals surface area contributed by atoms with Gasteiger partial charge < -0.3 is 58.5 Å². The van der Waals surface area contributed by atoms with Crippen LogP contribution in [0.4, 0.5) is 4.39 Å². The lowest BCUT2D eigenvalue weighted by atomic mass is 9.95. The van der Waals surface area contributed by atoms with Gasteiger partial charge in [0.25, 0.3) is 0 Å². The van der Waals surface area contributed by atoms with Crippen molar-refractivity contribution in [3.63, 3.8) is 0 Å². The highest BCUT2D eigenvalue weighted by atomic mass is 35.5. The Morgan fingerprint density at radius 3 is 1.63 bits per heavy atom. The average Bonchev–Trinajstić information content (AvgIpc) is 3.24. The summed E-state index contributed by atoms with van der Waals surface area (Å²) in [7, 11) is 10.4. The fourth-order valence-electron chi connectivity index (χ4n) is 10.2. The molecule has 5 fully saturated rings. The van der Waals surface area contributed by atoms with Gasteiger partial charge in [-0.25, -0.2) is 14.2 Å². The predicted molar refractivity (Wildman–Crippen MR) is 322 cm³/mol. The molecule has 7 heterocycles. The maximum absolute atomic E-state index is 13.9. The third-order valence-corrected chi connectivity index (χ3v) is 15.4. The van der Waals surface area contributed by atoms with Gasteiger partial charge in [0.2, 0.25) is 0 Å². The van der Waals surface area contributed by atoms with Crippen LogP contribution in [0.1, 0.15) is 101 Å². The number of methoxy groups -OCH3 is 2. The lowest BCUT2D eigenvalue weighted by Crippen LogP contribution is -2.49. The molecule has 0 radical (unpaired) electrons. The number of nitrogens with zero attached hydrogens (tertiary/aromatic N) is 7. The summed E-state index contributed by atoms with van der Waals surface area (Å²) in [5, 5.41) is 32.0. The molecule has 6 aliphatic heterocycles. The van der Waals surface area contributed by atoms with Crippen LogP contribution in [0.25, 0.3) is 0 Å². The molecule has 86 heavy (non-hydrogen) atoms. The number of aliphatic imine (C=N–C) groups is 1. The van der Waals surface area contributed by atoms with Crippen LogP contribution < -0.4 is 5.32 Å². The summed E-state index contributed by atoms with van der Waals surface area (Å²) in [6, 6.07) is 3.16. The third kappa shape index (κ3) is 29.5. The molecule has 27 heteroatoms. The quantitative estimate of drug-likeness (QED) is 0.0997. The minimum atomic E-state index is -0.907. The molecule has 5 unspecified atom stereocenters. The summed E-state index contributed by atoms with van der Waals surface area (Å²) in [6.45, 7) is 10.4. The van der Waals surface area contributed by atoms with E-state index in [1.807, 2.05) is 31.4 Å². The number of nitrogens with one attached hydrogen (secondary N) is 1. The number of carbonyl (C=O) groups is 5. The number of hydrogen-bond acceptors (Lipinski definition) is 22. The van der Waals surface area contributed by atoms with E-state index in [1.165, 1.54) is 68.7 Å². The average molecular weight is 1260 g/mol. The number of halogens is 2. The highest BCUT2D eigenvalue weighted by Crippen LogP contribution is 2.37. The van der Waals surface area contributed by atoms with E-state index in [2.05, 4.69) is 19.9 Å². The molecule has 486 valence electrons. The van der Waals surface area contributed by atoms with Crippen molar-refractivity contribution < 1.29 is 81.6 Å². The molecule has 1 aromatic carbocycles. The second-order valence-electron chi connectivity index (χ2n) is 21.9. The molecule has 2 aromatic rings. The SMILES string of the molecule is CCOC(=O)C1=C(CN2CCOC(CN(C)CC(=O)O)C2)NC(c2nccs2)=N[C@H]1c1ccc(F)cc1Cl.CN(CC(=O)O)CC1CCCCO1.CN(CC(=O)O)CC1CCCCO1.COC(=O)CN(C)CC1CCCCO1.COC1CCCCO1. The number of thiazole rings is 1. The molecular formula is C59H94ClFN8O16S. The molecule has 5 saturated heterocycles. The normalized spacial score (nSPS) is 22.5. The zero-order valence-corrected chi connectivity index (χ0v) is 52.9. The molecule has 0 saturated carbocycles. The van der Waals surface area contributed by atoms with Gasteiger partial charge >= 0.3 is 29.8 Å². The zero-order chi connectivity index (χ0) is 62.8. The van der Waals surface area contributed by atoms with E-state index < -0.39 is 35.7 Å². The number of ether oxygens (including phenoxy) is 8. The monoisotopic (exact) mass is 1260 g/mol. The number of amidine groups is 1. The molecule has 0 aliphatic carbocycles. The van der Waals surface area contributed by atoms with Crippen LogP contribution in [0.2, 0.25) is 5.02 Å². The number of carboxylic acid groups (broad SMARTS) is 3. The second-order valence-corrected chi connectivity index (χ2v) is 23.2. The number of carboxylic acids is 3. The van der Waals surface area contributed by atoms with Crippen molar-refractivity contribution in [3.05, 3.63) is 62.5 Å². The van der Waals surface area contributed by atoms with Crippen molar-refractivity contribution in [1.82, 2.24) is 34.8 Å². The Morgan fingerprint density at radius 1 is 0.709 bits per heavy atom. The smallest absolute Gasteiger partial charge is 0.338 e. The van der Waals surface area contributed by atoms with Gasteiger partial charge in [0, 0.05) is 107 Å². The first kappa shape index (κ1) is 73.7. The lowest BCUT2D eigenvalue weighted by molar-refractivity contribution is -0.145. The van der Waals surface area contributed by atoms with Gasteiger partial charge in [-0.3, -0.25) is 48.7 Å². The largest absolute Gasteiger partial charge is 0.480 e. The fraction of sp³-hybridized carbons (Fsp3) is 0.712.